The Hall–Kier alpha value is -0.940. The molecule has 0 saturated carbocycles. The van der Waals surface area contributed by atoms with Crippen LogP contribution in [0, 0.1) is 0 Å². The van der Waals surface area contributed by atoms with E-state index in [1.54, 1.807) is 0 Å². The fraction of sp³-hybridized carbons (Fsp3) is 0.538. The summed E-state index contributed by atoms with van der Waals surface area (Å²) in [5, 5.41) is 3.12. The van der Waals surface area contributed by atoms with E-state index in [-0.39, 0.29) is 11.1 Å². The summed E-state index contributed by atoms with van der Waals surface area (Å²) in [5.41, 5.74) is -0.213. The number of ether oxygens (including phenoxy) is 1. The molecule has 1 saturated heterocycles. The molecule has 1 fully saturated rings. The third kappa shape index (κ3) is 4.01. The third-order valence-corrected chi connectivity index (χ3v) is 3.41. The molecular weight excluding hydrogens is 279 g/mol. The largest absolute Gasteiger partial charge is 0.416 e. The zero-order valence-electron chi connectivity index (χ0n) is 10.3. The van der Waals surface area contributed by atoms with Gasteiger partial charge in [0.15, 0.2) is 0 Å². The molecule has 1 heterocycles. The van der Waals surface area contributed by atoms with Gasteiger partial charge in [-0.25, -0.2) is 0 Å². The van der Waals surface area contributed by atoms with Crippen molar-refractivity contribution in [3.8, 4) is 0 Å². The number of alkyl halides is 3. The molecule has 0 radical (unpaired) electrons. The molecule has 1 N–H and O–H groups in total. The molecular formula is C13H15ClF3NO. The van der Waals surface area contributed by atoms with Gasteiger partial charge in [0.2, 0.25) is 0 Å². The Kier molecular flexibility index (Phi) is 4.58. The maximum absolute atomic E-state index is 12.5. The Morgan fingerprint density at radius 1 is 1.37 bits per heavy atom. The number of benzene rings is 1. The van der Waals surface area contributed by atoms with Crippen molar-refractivity contribution >= 4 is 17.3 Å². The molecule has 1 aromatic carbocycles. The molecule has 0 bridgehead atoms. The highest BCUT2D eigenvalue weighted by molar-refractivity contribution is 6.33. The van der Waals surface area contributed by atoms with Crippen LogP contribution in [0.5, 0.6) is 0 Å². The summed E-state index contributed by atoms with van der Waals surface area (Å²) in [6.07, 6.45) is -1.16. The fourth-order valence-electron chi connectivity index (χ4n) is 2.07. The van der Waals surface area contributed by atoms with Crippen LogP contribution in [0.15, 0.2) is 18.2 Å². The quantitative estimate of drug-likeness (QED) is 0.891. The Labute approximate surface area is 114 Å². The average Bonchev–Trinajstić information content (AvgIpc) is 2.83. The van der Waals surface area contributed by atoms with Gasteiger partial charge in [0.05, 0.1) is 22.4 Å². The first kappa shape index (κ1) is 14.5. The van der Waals surface area contributed by atoms with Crippen molar-refractivity contribution < 1.29 is 17.9 Å². The van der Waals surface area contributed by atoms with E-state index < -0.39 is 11.7 Å². The highest BCUT2D eigenvalue weighted by Crippen LogP contribution is 2.33. The van der Waals surface area contributed by atoms with Crippen LogP contribution < -0.4 is 5.32 Å². The molecule has 0 spiro atoms. The van der Waals surface area contributed by atoms with Gasteiger partial charge in [-0.3, -0.25) is 0 Å². The van der Waals surface area contributed by atoms with Crippen LogP contribution in [0.4, 0.5) is 18.9 Å². The zero-order chi connectivity index (χ0) is 13.9. The van der Waals surface area contributed by atoms with Crippen molar-refractivity contribution in [1.29, 1.82) is 0 Å². The van der Waals surface area contributed by atoms with Gasteiger partial charge in [-0.2, -0.15) is 13.2 Å². The number of rotatable bonds is 4. The summed E-state index contributed by atoms with van der Waals surface area (Å²) in [4.78, 5) is 0. The van der Waals surface area contributed by atoms with Gasteiger partial charge in [-0.15, -0.1) is 0 Å². The molecule has 1 unspecified atom stereocenters. The van der Waals surface area contributed by atoms with E-state index in [0.29, 0.717) is 12.2 Å². The third-order valence-electron chi connectivity index (χ3n) is 3.10. The molecule has 0 aromatic heterocycles. The maximum Gasteiger partial charge on any atom is 0.416 e. The molecule has 106 valence electrons. The molecule has 1 aliphatic rings. The zero-order valence-corrected chi connectivity index (χ0v) is 11.0. The number of anilines is 1. The lowest BCUT2D eigenvalue weighted by Gasteiger charge is -2.13. The molecule has 2 nitrogen and oxygen atoms in total. The molecule has 0 amide bonds. The molecule has 2 rings (SSSR count). The van der Waals surface area contributed by atoms with Crippen LogP contribution in [-0.2, 0) is 10.9 Å². The van der Waals surface area contributed by atoms with E-state index in [1.807, 2.05) is 0 Å². The predicted octanol–water partition coefficient (Wildman–Crippen LogP) is 4.34. The highest BCUT2D eigenvalue weighted by atomic mass is 35.5. The van der Waals surface area contributed by atoms with Crippen molar-refractivity contribution in [3.05, 3.63) is 28.8 Å². The van der Waals surface area contributed by atoms with Crippen molar-refractivity contribution in [3.63, 3.8) is 0 Å². The van der Waals surface area contributed by atoms with Gasteiger partial charge in [-0.1, -0.05) is 11.6 Å². The number of hydrogen-bond acceptors (Lipinski definition) is 2. The minimum Gasteiger partial charge on any atom is -0.384 e. The first-order chi connectivity index (χ1) is 8.97. The summed E-state index contributed by atoms with van der Waals surface area (Å²) in [6, 6.07) is 3.33. The average molecular weight is 294 g/mol. The first-order valence-corrected chi connectivity index (χ1v) is 6.57. The van der Waals surface area contributed by atoms with Crippen LogP contribution in [0.25, 0.3) is 0 Å². The summed E-state index contributed by atoms with van der Waals surface area (Å²) in [7, 11) is 0. The van der Waals surface area contributed by atoms with E-state index >= 15 is 0 Å². The normalized spacial score (nSPS) is 19.7. The Balaban J connectivity index is 1.90. The van der Waals surface area contributed by atoms with E-state index in [1.165, 1.54) is 6.07 Å². The number of hydrogen-bond donors (Lipinski definition) is 1. The summed E-state index contributed by atoms with van der Waals surface area (Å²) >= 11 is 5.84. The van der Waals surface area contributed by atoms with Gasteiger partial charge >= 0.3 is 6.18 Å². The number of halogens is 4. The number of nitrogens with one attached hydrogen (secondary N) is 1. The second-order valence-corrected chi connectivity index (χ2v) is 4.95. The van der Waals surface area contributed by atoms with Crippen molar-refractivity contribution in [2.45, 2.75) is 31.5 Å². The van der Waals surface area contributed by atoms with Gasteiger partial charge in [0.1, 0.15) is 0 Å². The topological polar surface area (TPSA) is 21.3 Å². The Morgan fingerprint density at radius 3 is 2.74 bits per heavy atom. The predicted molar refractivity (Wildman–Crippen MR) is 68.5 cm³/mol. The lowest BCUT2D eigenvalue weighted by molar-refractivity contribution is -0.137. The van der Waals surface area contributed by atoms with Crippen LogP contribution in [0.3, 0.4) is 0 Å². The summed E-state index contributed by atoms with van der Waals surface area (Å²) in [6.45, 7) is 1.43. The standard InChI is InChI=1S/C13H15ClF3NO/c14-11-8-9(13(15,16)17)3-4-12(11)18-6-5-10-2-1-7-19-10/h3-4,8,10,18H,1-2,5-7H2. The van der Waals surface area contributed by atoms with E-state index in [9.17, 15) is 13.2 Å². The van der Waals surface area contributed by atoms with Gasteiger partial charge < -0.3 is 10.1 Å². The smallest absolute Gasteiger partial charge is 0.384 e. The first-order valence-electron chi connectivity index (χ1n) is 6.19. The minimum absolute atomic E-state index is 0.0853. The van der Waals surface area contributed by atoms with E-state index in [0.717, 1.165) is 38.0 Å². The van der Waals surface area contributed by atoms with Gasteiger partial charge in [0, 0.05) is 13.2 Å². The van der Waals surface area contributed by atoms with Crippen LogP contribution >= 0.6 is 11.6 Å². The van der Waals surface area contributed by atoms with Gasteiger partial charge in [-0.05, 0) is 37.5 Å². The molecule has 0 aliphatic carbocycles. The fourth-order valence-corrected chi connectivity index (χ4v) is 2.32. The molecule has 6 heteroatoms. The summed E-state index contributed by atoms with van der Waals surface area (Å²) < 4.78 is 42.8. The lowest BCUT2D eigenvalue weighted by atomic mass is 10.1. The molecule has 1 atom stereocenters. The minimum atomic E-state index is -4.36. The molecule has 1 aromatic rings. The summed E-state index contributed by atoms with van der Waals surface area (Å²) in [5.74, 6) is 0. The van der Waals surface area contributed by atoms with Gasteiger partial charge in [0.25, 0.3) is 0 Å². The van der Waals surface area contributed by atoms with Crippen LogP contribution in [0.1, 0.15) is 24.8 Å². The second-order valence-electron chi connectivity index (χ2n) is 4.54. The Bertz CT molecular complexity index is 430. The van der Waals surface area contributed by atoms with Crippen LogP contribution in [0.2, 0.25) is 5.02 Å². The van der Waals surface area contributed by atoms with Crippen molar-refractivity contribution in [2.24, 2.45) is 0 Å². The molecule has 1 aliphatic heterocycles. The molecule has 19 heavy (non-hydrogen) atoms. The van der Waals surface area contributed by atoms with Crippen molar-refractivity contribution in [2.75, 3.05) is 18.5 Å². The SMILES string of the molecule is FC(F)(F)c1ccc(NCCC2CCCO2)c(Cl)c1. The monoisotopic (exact) mass is 293 g/mol. The second kappa shape index (κ2) is 6.01. The maximum atomic E-state index is 12.5. The lowest BCUT2D eigenvalue weighted by Crippen LogP contribution is -2.13. The van der Waals surface area contributed by atoms with E-state index in [2.05, 4.69) is 5.32 Å². The Morgan fingerprint density at radius 2 is 2.16 bits per heavy atom. The highest BCUT2D eigenvalue weighted by Gasteiger charge is 2.30. The van der Waals surface area contributed by atoms with Crippen LogP contribution in [-0.4, -0.2) is 19.3 Å². The van der Waals surface area contributed by atoms with Crippen molar-refractivity contribution in [1.82, 2.24) is 0 Å². The van der Waals surface area contributed by atoms with E-state index in [4.69, 9.17) is 16.3 Å².